The fourth-order valence-electron chi connectivity index (χ4n) is 1.69. The van der Waals surface area contributed by atoms with Crippen LogP contribution in [0.25, 0.3) is 0 Å². The number of nitrogens with zero attached hydrogens (tertiary/aromatic N) is 1. The Labute approximate surface area is 123 Å². The third-order valence-corrected chi connectivity index (χ3v) is 3.01. The second-order valence-corrected chi connectivity index (χ2v) is 5.12. The number of carboxylic acids is 1. The number of aromatic nitrogens is 1. The number of hydrogen-bond donors (Lipinski definition) is 2. The summed E-state index contributed by atoms with van der Waals surface area (Å²) in [5, 5.41) is 11.5. The van der Waals surface area contributed by atoms with Crippen molar-refractivity contribution in [1.82, 2.24) is 4.98 Å². The fourth-order valence-corrected chi connectivity index (χ4v) is 2.30. The number of anilines is 1. The molecule has 0 fully saturated rings. The zero-order valence-electron chi connectivity index (χ0n) is 10.6. The van der Waals surface area contributed by atoms with Crippen LogP contribution in [-0.4, -0.2) is 22.0 Å². The fraction of sp³-hybridized carbons (Fsp3) is 0.0714. The van der Waals surface area contributed by atoms with E-state index in [1.54, 1.807) is 12.1 Å². The van der Waals surface area contributed by atoms with Gasteiger partial charge in [0.25, 0.3) is 5.91 Å². The lowest BCUT2D eigenvalue weighted by Gasteiger charge is -2.06. The summed E-state index contributed by atoms with van der Waals surface area (Å²) < 4.78 is 0.801. The smallest absolute Gasteiger partial charge is 0.335 e. The minimum absolute atomic E-state index is 0.0701. The highest BCUT2D eigenvalue weighted by Crippen LogP contribution is 2.16. The number of benzene rings is 1. The third-order valence-electron chi connectivity index (χ3n) is 2.55. The summed E-state index contributed by atoms with van der Waals surface area (Å²) in [6, 6.07) is 7.98. The van der Waals surface area contributed by atoms with Crippen LogP contribution in [0.3, 0.4) is 0 Å². The number of nitrogens with one attached hydrogen (secondary N) is 1. The molecule has 1 heterocycles. The number of carbonyl (C=O) groups excluding carboxylic acids is 1. The van der Waals surface area contributed by atoms with Crippen molar-refractivity contribution >= 4 is 33.6 Å². The van der Waals surface area contributed by atoms with Crippen LogP contribution in [0.5, 0.6) is 0 Å². The van der Waals surface area contributed by atoms with Crippen LogP contribution in [0.2, 0.25) is 0 Å². The SMILES string of the molecule is Cc1cc(Br)cc(C(=O)Nc2cc(C(=O)O)ccn2)c1. The topological polar surface area (TPSA) is 79.3 Å². The molecule has 2 N–H and O–H groups in total. The van der Waals surface area contributed by atoms with Crippen molar-refractivity contribution in [3.05, 3.63) is 57.7 Å². The van der Waals surface area contributed by atoms with Gasteiger partial charge in [0.05, 0.1) is 5.56 Å². The molecule has 0 unspecified atom stereocenters. The molecule has 0 aliphatic carbocycles. The molecule has 1 aromatic heterocycles. The van der Waals surface area contributed by atoms with Crippen LogP contribution in [0, 0.1) is 6.92 Å². The maximum absolute atomic E-state index is 12.1. The van der Waals surface area contributed by atoms with E-state index in [-0.39, 0.29) is 17.3 Å². The Kier molecular flexibility index (Phi) is 4.14. The lowest BCUT2D eigenvalue weighted by atomic mass is 10.1. The Morgan fingerprint density at radius 2 is 1.95 bits per heavy atom. The first kappa shape index (κ1) is 14.2. The van der Waals surface area contributed by atoms with Crippen LogP contribution in [-0.2, 0) is 0 Å². The second-order valence-electron chi connectivity index (χ2n) is 4.21. The van der Waals surface area contributed by atoms with Crippen LogP contribution in [0.4, 0.5) is 5.82 Å². The molecule has 0 saturated heterocycles. The molecule has 0 aliphatic rings. The molecule has 0 bridgehead atoms. The lowest BCUT2D eigenvalue weighted by Crippen LogP contribution is -2.13. The number of amides is 1. The Bertz CT molecular complexity index is 666. The Balaban J connectivity index is 2.23. The third kappa shape index (κ3) is 3.42. The molecular weight excluding hydrogens is 324 g/mol. The van der Waals surface area contributed by atoms with Crippen LogP contribution in [0.1, 0.15) is 26.3 Å². The summed E-state index contributed by atoms with van der Waals surface area (Å²) in [5.74, 6) is -1.21. The molecule has 6 heteroatoms. The highest BCUT2D eigenvalue weighted by molar-refractivity contribution is 9.10. The highest BCUT2D eigenvalue weighted by Gasteiger charge is 2.10. The number of carboxylic acid groups (broad SMARTS) is 1. The van der Waals surface area contributed by atoms with Gasteiger partial charge in [-0.15, -0.1) is 0 Å². The van der Waals surface area contributed by atoms with Crippen molar-refractivity contribution in [2.75, 3.05) is 5.32 Å². The van der Waals surface area contributed by atoms with E-state index in [4.69, 9.17) is 5.11 Å². The van der Waals surface area contributed by atoms with Gasteiger partial charge in [-0.3, -0.25) is 4.79 Å². The van der Waals surface area contributed by atoms with Gasteiger partial charge in [-0.05, 0) is 42.8 Å². The molecule has 2 rings (SSSR count). The Morgan fingerprint density at radius 3 is 2.60 bits per heavy atom. The number of aryl methyl sites for hydroxylation is 1. The molecule has 1 amide bonds. The monoisotopic (exact) mass is 334 g/mol. The van der Waals surface area contributed by atoms with E-state index < -0.39 is 5.97 Å². The van der Waals surface area contributed by atoms with E-state index in [1.165, 1.54) is 18.3 Å². The van der Waals surface area contributed by atoms with Crippen molar-refractivity contribution in [2.24, 2.45) is 0 Å². The van der Waals surface area contributed by atoms with Gasteiger partial charge < -0.3 is 10.4 Å². The minimum atomic E-state index is -1.07. The number of rotatable bonds is 3. The predicted molar refractivity (Wildman–Crippen MR) is 78.0 cm³/mol. The first-order valence-corrected chi connectivity index (χ1v) is 6.53. The zero-order chi connectivity index (χ0) is 14.7. The van der Waals surface area contributed by atoms with Crippen molar-refractivity contribution in [3.63, 3.8) is 0 Å². The van der Waals surface area contributed by atoms with Crippen molar-refractivity contribution < 1.29 is 14.7 Å². The first-order valence-electron chi connectivity index (χ1n) is 5.73. The van der Waals surface area contributed by atoms with Crippen LogP contribution in [0.15, 0.2) is 41.0 Å². The summed E-state index contributed by atoms with van der Waals surface area (Å²) in [7, 11) is 0. The summed E-state index contributed by atoms with van der Waals surface area (Å²) >= 11 is 3.32. The largest absolute Gasteiger partial charge is 0.478 e. The molecule has 0 radical (unpaired) electrons. The van der Waals surface area contributed by atoms with Crippen LogP contribution < -0.4 is 5.32 Å². The van der Waals surface area contributed by atoms with Gasteiger partial charge in [0.2, 0.25) is 0 Å². The summed E-state index contributed by atoms with van der Waals surface area (Å²) in [6.45, 7) is 1.88. The van der Waals surface area contributed by atoms with E-state index in [0.29, 0.717) is 5.56 Å². The molecule has 5 nitrogen and oxygen atoms in total. The average molecular weight is 335 g/mol. The zero-order valence-corrected chi connectivity index (χ0v) is 12.1. The van der Waals surface area contributed by atoms with E-state index in [1.807, 2.05) is 13.0 Å². The number of halogens is 1. The lowest BCUT2D eigenvalue weighted by molar-refractivity contribution is 0.0696. The van der Waals surface area contributed by atoms with Gasteiger partial charge in [-0.1, -0.05) is 15.9 Å². The van der Waals surface area contributed by atoms with Gasteiger partial charge >= 0.3 is 5.97 Å². The number of pyridine rings is 1. The average Bonchev–Trinajstić information content (AvgIpc) is 2.37. The van der Waals surface area contributed by atoms with E-state index in [9.17, 15) is 9.59 Å². The standard InChI is InChI=1S/C14H11BrN2O3/c1-8-4-10(6-11(15)5-8)13(18)17-12-7-9(14(19)20)2-3-16-12/h2-7H,1H3,(H,19,20)(H,16,17,18). The number of aromatic carboxylic acids is 1. The Hall–Kier alpha value is -2.21. The normalized spacial score (nSPS) is 10.1. The molecule has 102 valence electrons. The number of carbonyl (C=O) groups is 2. The molecule has 2 aromatic rings. The highest BCUT2D eigenvalue weighted by atomic mass is 79.9. The van der Waals surface area contributed by atoms with E-state index in [0.717, 1.165) is 10.0 Å². The quantitative estimate of drug-likeness (QED) is 0.903. The van der Waals surface area contributed by atoms with Gasteiger partial charge in [-0.2, -0.15) is 0 Å². The Morgan fingerprint density at radius 1 is 1.20 bits per heavy atom. The van der Waals surface area contributed by atoms with Crippen LogP contribution >= 0.6 is 15.9 Å². The summed E-state index contributed by atoms with van der Waals surface area (Å²) in [5.41, 5.74) is 1.48. The van der Waals surface area contributed by atoms with Gasteiger partial charge in [0.1, 0.15) is 5.82 Å². The van der Waals surface area contributed by atoms with Gasteiger partial charge in [0.15, 0.2) is 0 Å². The van der Waals surface area contributed by atoms with E-state index in [2.05, 4.69) is 26.2 Å². The molecular formula is C14H11BrN2O3. The maximum atomic E-state index is 12.1. The second kappa shape index (κ2) is 5.83. The first-order chi connectivity index (χ1) is 9.45. The maximum Gasteiger partial charge on any atom is 0.335 e. The van der Waals surface area contributed by atoms with E-state index >= 15 is 0 Å². The van der Waals surface area contributed by atoms with Crippen molar-refractivity contribution in [2.45, 2.75) is 6.92 Å². The molecule has 0 saturated carbocycles. The molecule has 1 aromatic carbocycles. The predicted octanol–water partition coefficient (Wildman–Crippen LogP) is 3.10. The molecule has 20 heavy (non-hydrogen) atoms. The minimum Gasteiger partial charge on any atom is -0.478 e. The molecule has 0 atom stereocenters. The van der Waals surface area contributed by atoms with Gasteiger partial charge in [-0.25, -0.2) is 9.78 Å². The molecule has 0 spiro atoms. The van der Waals surface area contributed by atoms with Gasteiger partial charge in [0, 0.05) is 16.2 Å². The number of hydrogen-bond acceptors (Lipinski definition) is 3. The van der Waals surface area contributed by atoms with Crippen molar-refractivity contribution in [1.29, 1.82) is 0 Å². The summed E-state index contributed by atoms with van der Waals surface area (Å²) in [4.78, 5) is 26.9. The van der Waals surface area contributed by atoms with Crippen molar-refractivity contribution in [3.8, 4) is 0 Å². The molecule has 0 aliphatic heterocycles. The summed E-state index contributed by atoms with van der Waals surface area (Å²) in [6.07, 6.45) is 1.34.